The van der Waals surface area contributed by atoms with E-state index >= 15 is 0 Å². The molecule has 0 fully saturated rings. The van der Waals surface area contributed by atoms with E-state index in [1.807, 2.05) is 6.07 Å². The Labute approximate surface area is 122 Å². The van der Waals surface area contributed by atoms with Gasteiger partial charge in [-0.2, -0.15) is 5.10 Å². The highest BCUT2D eigenvalue weighted by molar-refractivity contribution is 7.20. The Kier molecular flexibility index (Phi) is 2.71. The van der Waals surface area contributed by atoms with Crippen LogP contribution in [-0.4, -0.2) is 24.6 Å². The Morgan fingerprint density at radius 3 is 2.62 bits per heavy atom. The summed E-state index contributed by atoms with van der Waals surface area (Å²) < 4.78 is 14.9. The molecule has 0 aliphatic rings. The highest BCUT2D eigenvalue weighted by Gasteiger charge is 2.18. The van der Waals surface area contributed by atoms with Crippen molar-refractivity contribution in [2.24, 2.45) is 0 Å². The number of halogens is 1. The van der Waals surface area contributed by atoms with E-state index in [0.29, 0.717) is 0 Å². The molecule has 0 atom stereocenters. The van der Waals surface area contributed by atoms with Crippen molar-refractivity contribution in [1.82, 2.24) is 24.6 Å². The summed E-state index contributed by atoms with van der Waals surface area (Å²) in [6.07, 6.45) is 4.69. The molecule has 0 aliphatic carbocycles. The van der Waals surface area contributed by atoms with E-state index in [9.17, 15) is 4.39 Å². The molecule has 21 heavy (non-hydrogen) atoms. The SMILES string of the molecule is Fc1ccc(-c2c(-c3ccncn3)sc3ncnn23)cc1. The third kappa shape index (κ3) is 1.98. The van der Waals surface area contributed by atoms with Gasteiger partial charge in [-0.1, -0.05) is 11.3 Å². The lowest BCUT2D eigenvalue weighted by Gasteiger charge is -2.03. The van der Waals surface area contributed by atoms with Gasteiger partial charge >= 0.3 is 0 Å². The maximum Gasteiger partial charge on any atom is 0.213 e. The summed E-state index contributed by atoms with van der Waals surface area (Å²) in [5.41, 5.74) is 2.51. The molecular weight excluding hydrogens is 289 g/mol. The van der Waals surface area contributed by atoms with Gasteiger partial charge in [0.05, 0.1) is 16.3 Å². The zero-order valence-electron chi connectivity index (χ0n) is 10.6. The Hall–Kier alpha value is -2.67. The molecule has 7 heteroatoms. The molecule has 4 rings (SSSR count). The molecule has 102 valence electrons. The van der Waals surface area contributed by atoms with E-state index in [1.54, 1.807) is 22.8 Å². The summed E-state index contributed by atoms with van der Waals surface area (Å²) in [5, 5.41) is 4.24. The lowest BCUT2D eigenvalue weighted by atomic mass is 10.1. The molecule has 5 nitrogen and oxygen atoms in total. The Morgan fingerprint density at radius 1 is 1.00 bits per heavy atom. The fourth-order valence-electron chi connectivity index (χ4n) is 2.15. The predicted molar refractivity (Wildman–Crippen MR) is 77.3 cm³/mol. The predicted octanol–water partition coefficient (Wildman–Crippen LogP) is 3.05. The van der Waals surface area contributed by atoms with Crippen molar-refractivity contribution in [2.75, 3.05) is 0 Å². The standard InChI is InChI=1S/C14H8FN5S/c15-10-3-1-9(2-4-10)12-13(11-5-6-16-7-17-11)21-14-18-8-19-20(12)14/h1-8H. The second kappa shape index (κ2) is 4.71. The summed E-state index contributed by atoms with van der Waals surface area (Å²) in [6.45, 7) is 0. The van der Waals surface area contributed by atoms with Crippen LogP contribution in [0.2, 0.25) is 0 Å². The lowest BCUT2D eigenvalue weighted by molar-refractivity contribution is 0.628. The molecule has 4 aromatic rings. The number of aromatic nitrogens is 5. The molecule has 0 radical (unpaired) electrons. The highest BCUT2D eigenvalue weighted by atomic mass is 32.1. The van der Waals surface area contributed by atoms with Gasteiger partial charge < -0.3 is 0 Å². The molecule has 0 amide bonds. The van der Waals surface area contributed by atoms with E-state index in [0.717, 1.165) is 26.8 Å². The number of nitrogens with zero attached hydrogens (tertiary/aromatic N) is 5. The van der Waals surface area contributed by atoms with Gasteiger partial charge in [0.2, 0.25) is 4.96 Å². The zero-order valence-corrected chi connectivity index (χ0v) is 11.5. The Bertz CT molecular complexity index is 898. The summed E-state index contributed by atoms with van der Waals surface area (Å²) in [6, 6.07) is 8.14. The van der Waals surface area contributed by atoms with Gasteiger partial charge in [-0.15, -0.1) is 0 Å². The third-order valence-electron chi connectivity index (χ3n) is 3.07. The van der Waals surface area contributed by atoms with Crippen LogP contribution in [0.3, 0.4) is 0 Å². The van der Waals surface area contributed by atoms with E-state index < -0.39 is 0 Å². The molecule has 3 aromatic heterocycles. The fraction of sp³-hybridized carbons (Fsp3) is 0. The van der Waals surface area contributed by atoms with Crippen LogP contribution in [0.4, 0.5) is 4.39 Å². The summed E-state index contributed by atoms with van der Waals surface area (Å²) in [5.74, 6) is -0.271. The van der Waals surface area contributed by atoms with Crippen LogP contribution in [0.25, 0.3) is 26.8 Å². The van der Waals surface area contributed by atoms with Crippen molar-refractivity contribution in [3.05, 3.63) is 55.0 Å². The number of hydrogen-bond acceptors (Lipinski definition) is 5. The molecule has 0 bridgehead atoms. The van der Waals surface area contributed by atoms with Gasteiger partial charge in [-0.05, 0) is 30.3 Å². The number of benzene rings is 1. The maximum atomic E-state index is 13.2. The van der Waals surface area contributed by atoms with Crippen LogP contribution in [0.1, 0.15) is 0 Å². The molecule has 0 saturated heterocycles. The summed E-state index contributed by atoms with van der Waals surface area (Å²) >= 11 is 1.49. The average Bonchev–Trinajstić information content (AvgIpc) is 3.10. The van der Waals surface area contributed by atoms with Gasteiger partial charge in [0, 0.05) is 11.8 Å². The number of rotatable bonds is 2. The molecule has 3 heterocycles. The number of fused-ring (bicyclic) bond motifs is 1. The first-order chi connectivity index (χ1) is 10.3. The highest BCUT2D eigenvalue weighted by Crippen LogP contribution is 2.37. The van der Waals surface area contributed by atoms with Crippen molar-refractivity contribution in [1.29, 1.82) is 0 Å². The average molecular weight is 297 g/mol. The minimum Gasteiger partial charge on any atom is -0.245 e. The first-order valence-corrected chi connectivity index (χ1v) is 6.99. The van der Waals surface area contributed by atoms with Crippen molar-refractivity contribution in [3.63, 3.8) is 0 Å². The van der Waals surface area contributed by atoms with Gasteiger partial charge in [0.1, 0.15) is 18.5 Å². The van der Waals surface area contributed by atoms with E-state index in [-0.39, 0.29) is 5.82 Å². The normalized spacial score (nSPS) is 11.1. The minimum atomic E-state index is -0.271. The van der Waals surface area contributed by atoms with Crippen LogP contribution < -0.4 is 0 Å². The summed E-state index contributed by atoms with van der Waals surface area (Å²) in [4.78, 5) is 14.1. The smallest absolute Gasteiger partial charge is 0.213 e. The molecule has 0 saturated carbocycles. The van der Waals surface area contributed by atoms with Crippen molar-refractivity contribution in [3.8, 4) is 21.8 Å². The third-order valence-corrected chi connectivity index (χ3v) is 4.14. The quantitative estimate of drug-likeness (QED) is 0.570. The van der Waals surface area contributed by atoms with E-state index in [1.165, 1.54) is 36.1 Å². The molecule has 1 aromatic carbocycles. The van der Waals surface area contributed by atoms with Crippen molar-refractivity contribution >= 4 is 16.3 Å². The Balaban J connectivity index is 2.01. The molecule has 0 spiro atoms. The monoisotopic (exact) mass is 297 g/mol. The van der Waals surface area contributed by atoms with Crippen molar-refractivity contribution < 1.29 is 4.39 Å². The molecule has 0 unspecified atom stereocenters. The van der Waals surface area contributed by atoms with Gasteiger partial charge in [0.15, 0.2) is 0 Å². The first-order valence-electron chi connectivity index (χ1n) is 6.18. The maximum absolute atomic E-state index is 13.2. The van der Waals surface area contributed by atoms with Crippen molar-refractivity contribution in [2.45, 2.75) is 0 Å². The van der Waals surface area contributed by atoms with Crippen LogP contribution in [-0.2, 0) is 0 Å². The van der Waals surface area contributed by atoms with E-state index in [4.69, 9.17) is 0 Å². The number of thiazole rings is 1. The second-order valence-corrected chi connectivity index (χ2v) is 5.31. The summed E-state index contributed by atoms with van der Waals surface area (Å²) in [7, 11) is 0. The largest absolute Gasteiger partial charge is 0.245 e. The topological polar surface area (TPSA) is 56.0 Å². The fourth-order valence-corrected chi connectivity index (χ4v) is 3.18. The number of hydrogen-bond donors (Lipinski definition) is 0. The second-order valence-electron chi connectivity index (χ2n) is 4.34. The van der Waals surface area contributed by atoms with Gasteiger partial charge in [0.25, 0.3) is 0 Å². The lowest BCUT2D eigenvalue weighted by Crippen LogP contribution is -1.91. The van der Waals surface area contributed by atoms with E-state index in [2.05, 4.69) is 20.1 Å². The minimum absolute atomic E-state index is 0.271. The first kappa shape index (κ1) is 12.1. The van der Waals surface area contributed by atoms with Crippen LogP contribution in [0, 0.1) is 5.82 Å². The Morgan fingerprint density at radius 2 is 1.86 bits per heavy atom. The van der Waals surface area contributed by atoms with Gasteiger partial charge in [-0.3, -0.25) is 0 Å². The molecule has 0 N–H and O–H groups in total. The van der Waals surface area contributed by atoms with Crippen LogP contribution in [0.15, 0.2) is 49.2 Å². The zero-order chi connectivity index (χ0) is 14.2. The van der Waals surface area contributed by atoms with Gasteiger partial charge in [-0.25, -0.2) is 23.9 Å². The molecular formula is C14H8FN5S. The molecule has 0 aliphatic heterocycles. The van der Waals surface area contributed by atoms with Crippen LogP contribution in [0.5, 0.6) is 0 Å². The van der Waals surface area contributed by atoms with Crippen LogP contribution >= 0.6 is 11.3 Å².